The van der Waals surface area contributed by atoms with E-state index in [1.54, 1.807) is 12.1 Å². The Kier molecular flexibility index (Phi) is 3.45. The van der Waals surface area contributed by atoms with Crippen LogP contribution in [0.2, 0.25) is 0 Å². The summed E-state index contributed by atoms with van der Waals surface area (Å²) in [6.07, 6.45) is 1.85. The molecule has 24 heavy (non-hydrogen) atoms. The van der Waals surface area contributed by atoms with Gasteiger partial charge in [0.1, 0.15) is 11.9 Å². The summed E-state index contributed by atoms with van der Waals surface area (Å²) < 4.78 is 12.9. The molecule has 0 saturated carbocycles. The van der Waals surface area contributed by atoms with Crippen molar-refractivity contribution in [1.82, 2.24) is 0 Å². The third-order valence-electron chi connectivity index (χ3n) is 4.48. The summed E-state index contributed by atoms with van der Waals surface area (Å²) in [5.41, 5.74) is 2.57. The van der Waals surface area contributed by atoms with Crippen LogP contribution < -0.4 is 15.5 Å². The minimum atomic E-state index is -0.357. The number of nitrogens with one attached hydrogen (secondary N) is 2. The van der Waals surface area contributed by atoms with E-state index in [1.807, 2.05) is 6.07 Å². The molecule has 2 heterocycles. The molecule has 1 saturated heterocycles. The quantitative estimate of drug-likeness (QED) is 0.892. The topological polar surface area (TPSA) is 61.4 Å². The molecule has 122 valence electrons. The van der Waals surface area contributed by atoms with E-state index in [0.717, 1.165) is 25.1 Å². The van der Waals surface area contributed by atoms with Gasteiger partial charge in [0.25, 0.3) is 5.91 Å². The molecule has 0 spiro atoms. The predicted molar refractivity (Wildman–Crippen MR) is 89.8 cm³/mol. The Morgan fingerprint density at radius 3 is 2.79 bits per heavy atom. The monoisotopic (exact) mass is 325 g/mol. The molecule has 0 aromatic heterocycles. The van der Waals surface area contributed by atoms with E-state index in [9.17, 15) is 14.0 Å². The minimum Gasteiger partial charge on any atom is -0.358 e. The number of anilines is 3. The van der Waals surface area contributed by atoms with Crippen LogP contribution >= 0.6 is 0 Å². The molecular weight excluding hydrogens is 309 g/mol. The number of nitrogens with zero attached hydrogens (tertiary/aromatic N) is 1. The van der Waals surface area contributed by atoms with Gasteiger partial charge in [-0.1, -0.05) is 0 Å². The largest absolute Gasteiger partial charge is 0.358 e. The van der Waals surface area contributed by atoms with E-state index in [4.69, 9.17) is 0 Å². The first-order valence-corrected chi connectivity index (χ1v) is 7.90. The zero-order valence-electron chi connectivity index (χ0n) is 12.9. The van der Waals surface area contributed by atoms with Crippen LogP contribution in [0, 0.1) is 5.82 Å². The molecule has 4 rings (SSSR count). The molecule has 2 N–H and O–H groups in total. The van der Waals surface area contributed by atoms with Crippen molar-refractivity contribution >= 4 is 28.9 Å². The van der Waals surface area contributed by atoms with Gasteiger partial charge in [-0.15, -0.1) is 0 Å². The number of carbonyl (C=O) groups excluding carboxylic acids is 2. The molecule has 0 unspecified atom stereocenters. The van der Waals surface area contributed by atoms with Crippen LogP contribution in [0.4, 0.5) is 21.5 Å². The fourth-order valence-corrected chi connectivity index (χ4v) is 3.31. The van der Waals surface area contributed by atoms with E-state index in [1.165, 1.54) is 24.3 Å². The molecule has 5 nitrogen and oxygen atoms in total. The lowest BCUT2D eigenvalue weighted by Crippen LogP contribution is -2.43. The average molecular weight is 325 g/mol. The van der Waals surface area contributed by atoms with Crippen molar-refractivity contribution < 1.29 is 14.0 Å². The highest BCUT2D eigenvalue weighted by atomic mass is 19.1. The molecule has 2 aromatic rings. The van der Waals surface area contributed by atoms with E-state index in [-0.39, 0.29) is 23.7 Å². The third kappa shape index (κ3) is 2.50. The molecule has 2 amide bonds. The number of benzene rings is 2. The number of carbonyl (C=O) groups is 2. The Morgan fingerprint density at radius 1 is 1.21 bits per heavy atom. The zero-order chi connectivity index (χ0) is 16.7. The second kappa shape index (κ2) is 5.63. The summed E-state index contributed by atoms with van der Waals surface area (Å²) in [5.74, 6) is -0.678. The number of rotatable bonds is 2. The van der Waals surface area contributed by atoms with Gasteiger partial charge in [0.05, 0.1) is 11.4 Å². The first-order valence-electron chi connectivity index (χ1n) is 7.90. The average Bonchev–Trinajstić information content (AvgIpc) is 3.07. The molecule has 6 heteroatoms. The lowest BCUT2D eigenvalue weighted by Gasteiger charge is -2.33. The highest BCUT2D eigenvalue weighted by molar-refractivity contribution is 6.08. The normalized spacial score (nSPS) is 18.6. The van der Waals surface area contributed by atoms with Gasteiger partial charge in [-0.3, -0.25) is 9.59 Å². The summed E-state index contributed by atoms with van der Waals surface area (Å²) in [6, 6.07) is 10.8. The first-order chi connectivity index (χ1) is 11.6. The first kappa shape index (κ1) is 14.7. The summed E-state index contributed by atoms with van der Waals surface area (Å²) in [5, 5.41) is 5.61. The lowest BCUT2D eigenvalue weighted by atomic mass is 10.1. The second-order valence-electron chi connectivity index (χ2n) is 6.03. The van der Waals surface area contributed by atoms with Crippen LogP contribution in [-0.4, -0.2) is 24.4 Å². The summed E-state index contributed by atoms with van der Waals surface area (Å²) in [7, 11) is 0. The van der Waals surface area contributed by atoms with Gasteiger partial charge in [-0.2, -0.15) is 0 Å². The number of hydrogen-bond donors (Lipinski definition) is 2. The van der Waals surface area contributed by atoms with Crippen LogP contribution in [0.1, 0.15) is 23.2 Å². The van der Waals surface area contributed by atoms with E-state index in [2.05, 4.69) is 15.5 Å². The number of halogens is 1. The fourth-order valence-electron chi connectivity index (χ4n) is 3.31. The Bertz CT molecular complexity index is 820. The summed E-state index contributed by atoms with van der Waals surface area (Å²) in [6.45, 7) is 0.853. The van der Waals surface area contributed by atoms with Gasteiger partial charge in [-0.05, 0) is 55.3 Å². The maximum absolute atomic E-state index is 12.9. The molecule has 0 bridgehead atoms. The van der Waals surface area contributed by atoms with E-state index >= 15 is 0 Å². The molecule has 2 aliphatic heterocycles. The van der Waals surface area contributed by atoms with Gasteiger partial charge < -0.3 is 15.5 Å². The number of hydrogen-bond acceptors (Lipinski definition) is 3. The van der Waals surface area contributed by atoms with Crippen LogP contribution in [-0.2, 0) is 4.79 Å². The van der Waals surface area contributed by atoms with Gasteiger partial charge in [0, 0.05) is 17.8 Å². The van der Waals surface area contributed by atoms with Crippen molar-refractivity contribution in [2.45, 2.75) is 18.9 Å². The van der Waals surface area contributed by atoms with Crippen LogP contribution in [0.5, 0.6) is 0 Å². The van der Waals surface area contributed by atoms with Crippen molar-refractivity contribution in [3.63, 3.8) is 0 Å². The predicted octanol–water partition coefficient (Wildman–Crippen LogP) is 3.00. The molecule has 0 radical (unpaired) electrons. The highest BCUT2D eigenvalue weighted by Crippen LogP contribution is 2.37. The van der Waals surface area contributed by atoms with Gasteiger partial charge in [-0.25, -0.2) is 4.39 Å². The maximum Gasteiger partial charge on any atom is 0.255 e. The van der Waals surface area contributed by atoms with Crippen molar-refractivity contribution in [3.05, 3.63) is 53.8 Å². The van der Waals surface area contributed by atoms with Crippen molar-refractivity contribution in [3.8, 4) is 0 Å². The van der Waals surface area contributed by atoms with Crippen molar-refractivity contribution in [2.75, 3.05) is 22.1 Å². The van der Waals surface area contributed by atoms with Crippen molar-refractivity contribution in [1.29, 1.82) is 0 Å². The number of fused-ring (bicyclic) bond motifs is 3. The van der Waals surface area contributed by atoms with E-state index in [0.29, 0.717) is 16.9 Å². The molecule has 1 fully saturated rings. The van der Waals surface area contributed by atoms with Crippen molar-refractivity contribution in [2.24, 2.45) is 0 Å². The lowest BCUT2D eigenvalue weighted by molar-refractivity contribution is -0.117. The molecule has 2 aliphatic rings. The molecular formula is C18H16FN3O2. The Balaban J connectivity index is 1.59. The minimum absolute atomic E-state index is 0.0175. The number of amides is 2. The Hall–Kier alpha value is -2.89. The maximum atomic E-state index is 12.9. The SMILES string of the molecule is O=C(Nc1ccc(F)cc1)c1ccc2c(c1)NC(=O)[C@H]1CCCN21. The fraction of sp³-hybridized carbons (Fsp3) is 0.222. The second-order valence-corrected chi connectivity index (χ2v) is 6.03. The van der Waals surface area contributed by atoms with Crippen LogP contribution in [0.25, 0.3) is 0 Å². The smallest absolute Gasteiger partial charge is 0.255 e. The Morgan fingerprint density at radius 2 is 2.00 bits per heavy atom. The summed E-state index contributed by atoms with van der Waals surface area (Å²) in [4.78, 5) is 26.6. The highest BCUT2D eigenvalue weighted by Gasteiger charge is 2.36. The summed E-state index contributed by atoms with van der Waals surface area (Å²) >= 11 is 0. The third-order valence-corrected chi connectivity index (χ3v) is 4.48. The van der Waals surface area contributed by atoms with Gasteiger partial charge in [0.15, 0.2) is 0 Å². The Labute approximate surface area is 138 Å². The van der Waals surface area contributed by atoms with Gasteiger partial charge in [0.2, 0.25) is 5.91 Å². The van der Waals surface area contributed by atoms with Gasteiger partial charge >= 0.3 is 0 Å². The molecule has 2 aromatic carbocycles. The van der Waals surface area contributed by atoms with Crippen LogP contribution in [0.15, 0.2) is 42.5 Å². The zero-order valence-corrected chi connectivity index (χ0v) is 12.9. The van der Waals surface area contributed by atoms with E-state index < -0.39 is 0 Å². The van der Waals surface area contributed by atoms with Crippen LogP contribution in [0.3, 0.4) is 0 Å². The molecule has 1 atom stereocenters. The standard InChI is InChI=1S/C18H16FN3O2/c19-12-4-6-13(7-5-12)20-17(23)11-3-8-15-14(10-11)21-18(24)16-2-1-9-22(15)16/h3-8,10,16H,1-2,9H2,(H,20,23)(H,21,24)/t16-/m1/s1. The molecule has 0 aliphatic carbocycles.